The summed E-state index contributed by atoms with van der Waals surface area (Å²) < 4.78 is 12.2. The first-order chi connectivity index (χ1) is 16.8. The first-order valence-electron chi connectivity index (χ1n) is 11.3. The molecule has 0 aliphatic carbocycles. The first-order valence-corrected chi connectivity index (χ1v) is 13.9. The number of hydrogen-bond acceptors (Lipinski definition) is 10. The van der Waals surface area contributed by atoms with E-state index in [2.05, 4.69) is 33.9 Å². The van der Waals surface area contributed by atoms with Crippen LogP contribution in [0, 0.1) is 6.92 Å². The smallest absolute Gasteiger partial charge is 0.348 e. The Morgan fingerprint density at radius 1 is 1.09 bits per heavy atom. The Morgan fingerprint density at radius 2 is 1.80 bits per heavy atom. The van der Waals surface area contributed by atoms with E-state index in [1.807, 2.05) is 11.5 Å². The van der Waals surface area contributed by atoms with Crippen LogP contribution in [0.25, 0.3) is 11.4 Å². The summed E-state index contributed by atoms with van der Waals surface area (Å²) in [5, 5.41) is 14.3. The summed E-state index contributed by atoms with van der Waals surface area (Å²) in [6, 6.07) is 2.11. The third-order valence-electron chi connectivity index (χ3n) is 4.97. The van der Waals surface area contributed by atoms with E-state index in [1.54, 1.807) is 32.1 Å². The average molecular weight is 537 g/mol. The maximum atomic E-state index is 12.8. The molecule has 0 fully saturated rings. The molecule has 3 aromatic rings. The number of carbonyl (C=O) groups is 3. The number of nitrogens with zero attached hydrogens (tertiary/aromatic N) is 3. The topological polar surface area (TPSA) is 112 Å². The van der Waals surface area contributed by atoms with Crippen LogP contribution in [0.15, 0.2) is 16.6 Å². The molecule has 12 heteroatoms. The lowest BCUT2D eigenvalue weighted by Gasteiger charge is -2.08. The van der Waals surface area contributed by atoms with Crippen molar-refractivity contribution in [2.24, 2.45) is 0 Å². The summed E-state index contributed by atoms with van der Waals surface area (Å²) >= 11 is 3.94. The van der Waals surface area contributed by atoms with Gasteiger partial charge in [-0.25, -0.2) is 9.59 Å². The lowest BCUT2D eigenvalue weighted by atomic mass is 10.1. The second-order valence-corrected chi connectivity index (χ2v) is 10.2. The molecule has 3 aromatic heterocycles. The third-order valence-corrected chi connectivity index (χ3v) is 8.20. The summed E-state index contributed by atoms with van der Waals surface area (Å²) in [7, 11) is 0. The van der Waals surface area contributed by atoms with Gasteiger partial charge in [-0.1, -0.05) is 18.7 Å². The number of amides is 1. The van der Waals surface area contributed by atoms with Gasteiger partial charge in [0.25, 0.3) is 0 Å². The molecule has 3 heterocycles. The average Bonchev–Trinajstić information content (AvgIpc) is 3.54. The van der Waals surface area contributed by atoms with Gasteiger partial charge in [0.2, 0.25) is 5.91 Å². The van der Waals surface area contributed by atoms with Gasteiger partial charge in [0.1, 0.15) is 9.88 Å². The number of rotatable bonds is 11. The van der Waals surface area contributed by atoms with E-state index in [0.29, 0.717) is 17.3 Å². The number of nitrogens with one attached hydrogen (secondary N) is 1. The van der Waals surface area contributed by atoms with E-state index in [0.717, 1.165) is 29.1 Å². The van der Waals surface area contributed by atoms with E-state index in [4.69, 9.17) is 9.47 Å². The molecular formula is C23H28N4O5S3. The summed E-state index contributed by atoms with van der Waals surface area (Å²) in [4.78, 5) is 39.2. The number of esters is 2. The van der Waals surface area contributed by atoms with E-state index in [9.17, 15) is 14.4 Å². The molecule has 0 aliphatic rings. The fourth-order valence-electron chi connectivity index (χ4n) is 3.31. The highest BCUT2D eigenvalue weighted by Crippen LogP contribution is 2.35. The Bertz CT molecular complexity index is 1210. The molecular weight excluding hydrogens is 508 g/mol. The third kappa shape index (κ3) is 6.11. The van der Waals surface area contributed by atoms with Gasteiger partial charge in [0, 0.05) is 22.4 Å². The van der Waals surface area contributed by atoms with E-state index in [1.165, 1.54) is 16.6 Å². The minimum atomic E-state index is -0.600. The minimum Gasteiger partial charge on any atom is -0.462 e. The summed E-state index contributed by atoms with van der Waals surface area (Å²) in [5.41, 5.74) is 1.60. The number of thiophene rings is 2. The SMILES string of the molecule is CCOC(=O)c1sc(NC(=O)CSc2nnc(-c3csc(CC)c3)n2CC)c(C(=O)OCC)c1C. The zero-order chi connectivity index (χ0) is 25.5. The molecule has 0 saturated carbocycles. The minimum absolute atomic E-state index is 0.0515. The molecule has 0 atom stereocenters. The predicted molar refractivity (Wildman–Crippen MR) is 139 cm³/mol. The van der Waals surface area contributed by atoms with Crippen molar-refractivity contribution in [1.29, 1.82) is 0 Å². The molecule has 0 bridgehead atoms. The number of anilines is 1. The van der Waals surface area contributed by atoms with Crippen LogP contribution < -0.4 is 5.32 Å². The number of hydrogen-bond donors (Lipinski definition) is 1. The Kier molecular flexibility index (Phi) is 9.47. The monoisotopic (exact) mass is 536 g/mol. The largest absolute Gasteiger partial charge is 0.462 e. The molecule has 1 N–H and O–H groups in total. The standard InChI is InChI=1S/C23H28N4O5S3/c1-6-15-10-14(11-33-15)19-25-26-23(27(19)7-2)34-12-16(28)24-20-17(21(29)31-8-3)13(5)18(35-20)22(30)32-9-4/h10-11H,6-9,12H2,1-5H3,(H,24,28). The van der Waals surface area contributed by atoms with Crippen molar-refractivity contribution in [2.75, 3.05) is 24.3 Å². The number of thioether (sulfide) groups is 1. The van der Waals surface area contributed by atoms with Crippen LogP contribution >= 0.6 is 34.4 Å². The van der Waals surface area contributed by atoms with Crippen LogP contribution in [0.2, 0.25) is 0 Å². The Morgan fingerprint density at radius 3 is 2.43 bits per heavy atom. The second kappa shape index (κ2) is 12.3. The van der Waals surface area contributed by atoms with Gasteiger partial charge in [0.05, 0.1) is 24.5 Å². The first kappa shape index (κ1) is 26.9. The van der Waals surface area contributed by atoms with Crippen molar-refractivity contribution < 1.29 is 23.9 Å². The molecule has 0 aliphatic heterocycles. The Balaban J connectivity index is 1.77. The van der Waals surface area contributed by atoms with Gasteiger partial charge in [-0.3, -0.25) is 4.79 Å². The van der Waals surface area contributed by atoms with Crippen LogP contribution in [-0.4, -0.2) is 51.6 Å². The number of ether oxygens (including phenoxy) is 2. The zero-order valence-corrected chi connectivity index (χ0v) is 22.7. The lowest BCUT2D eigenvalue weighted by molar-refractivity contribution is -0.113. The fraction of sp³-hybridized carbons (Fsp3) is 0.435. The van der Waals surface area contributed by atoms with Crippen LogP contribution in [0.5, 0.6) is 0 Å². The molecule has 188 valence electrons. The zero-order valence-electron chi connectivity index (χ0n) is 20.3. The van der Waals surface area contributed by atoms with E-state index < -0.39 is 11.9 Å². The van der Waals surface area contributed by atoms with Crippen molar-refractivity contribution in [2.45, 2.75) is 52.7 Å². The van der Waals surface area contributed by atoms with E-state index in [-0.39, 0.29) is 40.3 Å². The second-order valence-electron chi connectivity index (χ2n) is 7.24. The normalized spacial score (nSPS) is 10.9. The van der Waals surface area contributed by atoms with Crippen molar-refractivity contribution in [1.82, 2.24) is 14.8 Å². The summed E-state index contributed by atoms with van der Waals surface area (Å²) in [6.45, 7) is 10.2. The molecule has 0 spiro atoms. The molecule has 3 rings (SSSR count). The molecule has 9 nitrogen and oxygen atoms in total. The van der Waals surface area contributed by atoms with Gasteiger partial charge in [-0.05, 0) is 45.7 Å². The molecule has 1 amide bonds. The van der Waals surface area contributed by atoms with Crippen molar-refractivity contribution in [3.05, 3.63) is 32.3 Å². The fourth-order valence-corrected chi connectivity index (χ4v) is 6.03. The molecule has 0 unspecified atom stereocenters. The number of carbonyl (C=O) groups excluding carboxylic acids is 3. The van der Waals surface area contributed by atoms with Gasteiger partial charge < -0.3 is 19.4 Å². The van der Waals surface area contributed by atoms with Crippen LogP contribution in [-0.2, 0) is 27.2 Å². The van der Waals surface area contributed by atoms with Crippen LogP contribution in [0.3, 0.4) is 0 Å². The maximum Gasteiger partial charge on any atom is 0.348 e. The van der Waals surface area contributed by atoms with Crippen molar-refractivity contribution >= 4 is 57.3 Å². The number of aromatic nitrogens is 3. The van der Waals surface area contributed by atoms with Crippen molar-refractivity contribution in [3.63, 3.8) is 0 Å². The van der Waals surface area contributed by atoms with Gasteiger partial charge in [-0.2, -0.15) is 0 Å². The van der Waals surface area contributed by atoms with Crippen LogP contribution in [0.1, 0.15) is 58.2 Å². The highest BCUT2D eigenvalue weighted by molar-refractivity contribution is 7.99. The molecule has 0 saturated heterocycles. The van der Waals surface area contributed by atoms with Gasteiger partial charge in [-0.15, -0.1) is 32.9 Å². The predicted octanol–water partition coefficient (Wildman–Crippen LogP) is 5.04. The number of aryl methyl sites for hydroxylation is 1. The van der Waals surface area contributed by atoms with Crippen LogP contribution in [0.4, 0.5) is 5.00 Å². The molecule has 0 aromatic carbocycles. The van der Waals surface area contributed by atoms with Gasteiger partial charge >= 0.3 is 11.9 Å². The van der Waals surface area contributed by atoms with E-state index >= 15 is 0 Å². The van der Waals surface area contributed by atoms with Gasteiger partial charge in [0.15, 0.2) is 11.0 Å². The Hall–Kier alpha value is -2.70. The Labute approximate surface area is 216 Å². The maximum absolute atomic E-state index is 12.8. The quantitative estimate of drug-likeness (QED) is 0.268. The summed E-state index contributed by atoms with van der Waals surface area (Å²) in [5.74, 6) is -0.663. The lowest BCUT2D eigenvalue weighted by Crippen LogP contribution is -2.17. The highest BCUT2D eigenvalue weighted by atomic mass is 32.2. The molecule has 35 heavy (non-hydrogen) atoms. The highest BCUT2D eigenvalue weighted by Gasteiger charge is 2.27. The van der Waals surface area contributed by atoms with Crippen molar-refractivity contribution in [3.8, 4) is 11.4 Å². The molecule has 0 radical (unpaired) electrons. The summed E-state index contributed by atoms with van der Waals surface area (Å²) in [6.07, 6.45) is 0.959.